The molecule has 2 aromatic rings. The average Bonchev–Trinajstić information content (AvgIpc) is 2.95. The highest BCUT2D eigenvalue weighted by molar-refractivity contribution is 5.90. The molecule has 8 heteroatoms. The first-order valence-electron chi connectivity index (χ1n) is 13.8. The van der Waals surface area contributed by atoms with Crippen LogP contribution in [0, 0.1) is 0 Å². The molecular weight excluding hydrogens is 478 g/mol. The Balaban J connectivity index is 1.54. The third-order valence-corrected chi connectivity index (χ3v) is 7.90. The number of likely N-dealkylation sites (N-methyl/N-ethyl adjacent to an activating group) is 2. The molecule has 2 fully saturated rings. The summed E-state index contributed by atoms with van der Waals surface area (Å²) in [5.41, 5.74) is 3.23. The summed E-state index contributed by atoms with van der Waals surface area (Å²) in [4.78, 5) is 44.0. The van der Waals surface area contributed by atoms with Crippen molar-refractivity contribution in [3.63, 3.8) is 0 Å². The summed E-state index contributed by atoms with van der Waals surface area (Å²) in [6, 6.07) is 17.2. The van der Waals surface area contributed by atoms with Gasteiger partial charge >= 0.3 is 6.03 Å². The van der Waals surface area contributed by atoms with Crippen LogP contribution in [-0.2, 0) is 29.0 Å². The van der Waals surface area contributed by atoms with Crippen molar-refractivity contribution in [2.45, 2.75) is 70.5 Å². The summed E-state index contributed by atoms with van der Waals surface area (Å²) in [7, 11) is 3.60. The average molecular weight is 520 g/mol. The molecule has 0 bridgehead atoms. The van der Waals surface area contributed by atoms with Crippen LogP contribution in [0.2, 0.25) is 0 Å². The van der Waals surface area contributed by atoms with Gasteiger partial charge in [0.2, 0.25) is 11.8 Å². The molecule has 1 N–H and O–H groups in total. The van der Waals surface area contributed by atoms with Crippen LogP contribution in [0.15, 0.2) is 54.6 Å². The van der Waals surface area contributed by atoms with Gasteiger partial charge in [-0.1, -0.05) is 80.8 Å². The number of rotatable bonds is 8. The zero-order valence-corrected chi connectivity index (χ0v) is 22.9. The SMILES string of the molecule is CCc1ccc(CC(C(=O)N(C)C2CCCCC2)N2CN(C(=O)NCc3ccccc3)N(C)CC2=O)cc1. The Labute approximate surface area is 226 Å². The van der Waals surface area contributed by atoms with Gasteiger partial charge in [0.15, 0.2) is 0 Å². The van der Waals surface area contributed by atoms with Crippen molar-refractivity contribution in [2.24, 2.45) is 0 Å². The highest BCUT2D eigenvalue weighted by Crippen LogP contribution is 2.25. The first kappa shape index (κ1) is 27.6. The fourth-order valence-electron chi connectivity index (χ4n) is 5.41. The maximum absolute atomic E-state index is 14.0. The fraction of sp³-hybridized carbons (Fsp3) is 0.500. The van der Waals surface area contributed by atoms with Gasteiger partial charge in [-0.25, -0.2) is 14.8 Å². The van der Waals surface area contributed by atoms with Crippen molar-refractivity contribution in [3.05, 3.63) is 71.3 Å². The molecule has 1 aliphatic carbocycles. The van der Waals surface area contributed by atoms with Crippen LogP contribution in [0.5, 0.6) is 0 Å². The molecule has 1 saturated carbocycles. The van der Waals surface area contributed by atoms with E-state index in [1.165, 1.54) is 17.0 Å². The molecule has 0 spiro atoms. The Morgan fingerprint density at radius 1 is 0.974 bits per heavy atom. The number of amides is 4. The lowest BCUT2D eigenvalue weighted by Crippen LogP contribution is -2.66. The van der Waals surface area contributed by atoms with Gasteiger partial charge in [0, 0.05) is 33.1 Å². The summed E-state index contributed by atoms with van der Waals surface area (Å²) in [6.07, 6.45) is 6.78. The highest BCUT2D eigenvalue weighted by Gasteiger charge is 2.40. The molecule has 0 aromatic heterocycles. The van der Waals surface area contributed by atoms with Crippen molar-refractivity contribution in [2.75, 3.05) is 27.3 Å². The van der Waals surface area contributed by atoms with Crippen molar-refractivity contribution >= 4 is 17.8 Å². The predicted molar refractivity (Wildman–Crippen MR) is 148 cm³/mol. The Morgan fingerprint density at radius 3 is 2.29 bits per heavy atom. The van der Waals surface area contributed by atoms with E-state index in [1.54, 1.807) is 17.0 Å². The van der Waals surface area contributed by atoms with Crippen molar-refractivity contribution in [1.29, 1.82) is 0 Å². The number of carbonyl (C=O) groups is 3. The molecule has 2 aliphatic rings. The number of hydrogen-bond acceptors (Lipinski definition) is 4. The number of urea groups is 1. The van der Waals surface area contributed by atoms with Crippen molar-refractivity contribution in [3.8, 4) is 0 Å². The van der Waals surface area contributed by atoms with Gasteiger partial charge in [-0.15, -0.1) is 0 Å². The van der Waals surface area contributed by atoms with Gasteiger partial charge in [0.25, 0.3) is 0 Å². The van der Waals surface area contributed by atoms with Gasteiger partial charge in [-0.05, 0) is 36.0 Å². The first-order chi connectivity index (χ1) is 18.4. The van der Waals surface area contributed by atoms with E-state index in [4.69, 9.17) is 0 Å². The van der Waals surface area contributed by atoms with E-state index in [2.05, 4.69) is 24.4 Å². The van der Waals surface area contributed by atoms with Gasteiger partial charge in [-0.2, -0.15) is 0 Å². The minimum atomic E-state index is -0.681. The van der Waals surface area contributed by atoms with Gasteiger partial charge in [0.05, 0.1) is 6.54 Å². The van der Waals surface area contributed by atoms with Gasteiger partial charge < -0.3 is 15.1 Å². The van der Waals surface area contributed by atoms with Gasteiger partial charge in [-0.3, -0.25) is 9.59 Å². The number of nitrogens with zero attached hydrogens (tertiary/aromatic N) is 4. The quantitative estimate of drug-likeness (QED) is 0.576. The predicted octanol–water partition coefficient (Wildman–Crippen LogP) is 3.81. The maximum atomic E-state index is 14.0. The monoisotopic (exact) mass is 519 g/mol. The molecule has 4 amide bonds. The van der Waals surface area contributed by atoms with Crippen LogP contribution in [0.25, 0.3) is 0 Å². The molecule has 1 heterocycles. The maximum Gasteiger partial charge on any atom is 0.333 e. The smallest absolute Gasteiger partial charge is 0.333 e. The molecule has 38 heavy (non-hydrogen) atoms. The Morgan fingerprint density at radius 2 is 1.63 bits per heavy atom. The van der Waals surface area contributed by atoms with Crippen molar-refractivity contribution in [1.82, 2.24) is 25.1 Å². The molecule has 2 aromatic carbocycles. The first-order valence-corrected chi connectivity index (χ1v) is 13.8. The summed E-state index contributed by atoms with van der Waals surface area (Å²) < 4.78 is 0. The zero-order chi connectivity index (χ0) is 27.1. The third kappa shape index (κ3) is 6.72. The second-order valence-corrected chi connectivity index (χ2v) is 10.5. The van der Waals surface area contributed by atoms with E-state index in [9.17, 15) is 14.4 Å². The van der Waals surface area contributed by atoms with Crippen LogP contribution in [-0.4, -0.2) is 77.1 Å². The Hall–Kier alpha value is -3.39. The Bertz CT molecular complexity index is 1080. The summed E-state index contributed by atoms with van der Waals surface area (Å²) in [5.74, 6) is -0.209. The molecule has 1 unspecified atom stereocenters. The normalized spacial score (nSPS) is 17.8. The van der Waals surface area contributed by atoms with E-state index >= 15 is 0 Å². The highest BCUT2D eigenvalue weighted by atomic mass is 16.2. The molecular formula is C30H41N5O3. The van der Waals surface area contributed by atoms with Crippen LogP contribution in [0.4, 0.5) is 4.79 Å². The second-order valence-electron chi connectivity index (χ2n) is 10.5. The fourth-order valence-corrected chi connectivity index (χ4v) is 5.41. The lowest BCUT2D eigenvalue weighted by Gasteiger charge is -2.45. The molecule has 8 nitrogen and oxygen atoms in total. The third-order valence-electron chi connectivity index (χ3n) is 7.90. The largest absolute Gasteiger partial charge is 0.341 e. The number of benzene rings is 2. The summed E-state index contributed by atoms with van der Waals surface area (Å²) in [5, 5.41) is 6.10. The van der Waals surface area contributed by atoms with E-state index in [0.29, 0.717) is 13.0 Å². The number of carbonyl (C=O) groups excluding carboxylic acids is 3. The van der Waals surface area contributed by atoms with E-state index < -0.39 is 6.04 Å². The lowest BCUT2D eigenvalue weighted by atomic mass is 9.93. The topological polar surface area (TPSA) is 76.2 Å². The van der Waals surface area contributed by atoms with Crippen LogP contribution in [0.3, 0.4) is 0 Å². The molecule has 0 radical (unpaired) electrons. The molecule has 1 saturated heterocycles. The van der Waals surface area contributed by atoms with Crippen molar-refractivity contribution < 1.29 is 14.4 Å². The number of aryl methyl sites for hydroxylation is 1. The van der Waals surface area contributed by atoms with Crippen LogP contribution in [0.1, 0.15) is 55.7 Å². The lowest BCUT2D eigenvalue weighted by molar-refractivity contribution is -0.161. The minimum absolute atomic E-state index is 0.0257. The van der Waals surface area contributed by atoms with Crippen LogP contribution < -0.4 is 5.32 Å². The van der Waals surface area contributed by atoms with Crippen LogP contribution >= 0.6 is 0 Å². The molecule has 204 valence electrons. The van der Waals surface area contributed by atoms with E-state index in [-0.39, 0.29) is 37.1 Å². The Kier molecular flexibility index (Phi) is 9.39. The van der Waals surface area contributed by atoms with Gasteiger partial charge in [0.1, 0.15) is 12.7 Å². The van der Waals surface area contributed by atoms with E-state index in [0.717, 1.165) is 43.2 Å². The standard InChI is InChI=1S/C30H41N5O3/c1-4-23-15-17-24(18-16-23)19-27(29(37)33(3)26-13-9-6-10-14-26)34-22-35(32(2)21-28(34)36)30(38)31-20-25-11-7-5-8-12-25/h5,7-8,11-12,15-18,26-27H,4,6,9-10,13-14,19-22H2,1-3H3,(H,31,38). The minimum Gasteiger partial charge on any atom is -0.341 e. The second kappa shape index (κ2) is 12.9. The molecule has 1 atom stereocenters. The molecule has 4 rings (SSSR count). The summed E-state index contributed by atoms with van der Waals surface area (Å²) >= 11 is 0. The van der Waals surface area contributed by atoms with E-state index in [1.807, 2.05) is 54.4 Å². The number of nitrogens with one attached hydrogen (secondary N) is 1. The number of hydrazine groups is 1. The number of hydrogen-bond donors (Lipinski definition) is 1. The summed E-state index contributed by atoms with van der Waals surface area (Å²) in [6.45, 7) is 2.55. The zero-order valence-electron chi connectivity index (χ0n) is 22.9. The molecule has 1 aliphatic heterocycles.